The van der Waals surface area contributed by atoms with Gasteiger partial charge in [0, 0.05) is 20.1 Å². The van der Waals surface area contributed by atoms with Crippen LogP contribution in [0.1, 0.15) is 62.8 Å². The van der Waals surface area contributed by atoms with E-state index in [0.29, 0.717) is 28.6 Å². The minimum absolute atomic E-state index is 0.295. The molecule has 198 valence electrons. The number of aromatic nitrogens is 3. The average molecular weight is 513 g/mol. The first-order chi connectivity index (χ1) is 17.8. The van der Waals surface area contributed by atoms with Crippen LogP contribution in [-0.2, 0) is 11.9 Å². The summed E-state index contributed by atoms with van der Waals surface area (Å²) in [5, 5.41) is 12.2. The topological polar surface area (TPSA) is 96.4 Å². The Morgan fingerprint density at radius 2 is 1.84 bits per heavy atom. The number of pyridine rings is 1. The summed E-state index contributed by atoms with van der Waals surface area (Å²) in [6.45, 7) is 3.00. The highest BCUT2D eigenvalue weighted by Gasteiger charge is 2.22. The maximum atomic E-state index is 12.1. The Labute approximate surface area is 216 Å². The van der Waals surface area contributed by atoms with Crippen molar-refractivity contribution in [2.45, 2.75) is 65.5 Å². The lowest BCUT2D eigenvalue weighted by molar-refractivity contribution is -0.127. The number of alkyl halides is 2. The number of hydrogen-bond donors (Lipinski definition) is 0. The second-order valence-corrected chi connectivity index (χ2v) is 8.31. The van der Waals surface area contributed by atoms with Crippen LogP contribution in [0.2, 0.25) is 0 Å². The molecule has 2 aromatic heterocycles. The van der Waals surface area contributed by atoms with Crippen LogP contribution in [0, 0.1) is 18.3 Å². The van der Waals surface area contributed by atoms with Crippen molar-refractivity contribution >= 4 is 23.1 Å². The van der Waals surface area contributed by atoms with E-state index < -0.39 is 6.61 Å². The third kappa shape index (κ3) is 8.07. The highest BCUT2D eigenvalue weighted by atomic mass is 19.3. The zero-order chi connectivity index (χ0) is 27.4. The molecule has 0 saturated heterocycles. The molecule has 37 heavy (non-hydrogen) atoms. The molecular weight excluding hydrogens is 478 g/mol. The highest BCUT2D eigenvalue weighted by molar-refractivity contribution is 5.86. The van der Waals surface area contributed by atoms with Gasteiger partial charge in [0.15, 0.2) is 5.82 Å². The lowest BCUT2D eigenvalue weighted by Crippen LogP contribution is -2.36. The molecule has 1 fully saturated rings. The van der Waals surface area contributed by atoms with Crippen LogP contribution in [0.5, 0.6) is 0 Å². The van der Waals surface area contributed by atoms with Gasteiger partial charge < -0.3 is 9.74 Å². The molecular formula is C27H34F2N6O2. The molecule has 0 bridgehead atoms. The molecule has 4 rings (SSSR count). The summed E-state index contributed by atoms with van der Waals surface area (Å²) in [6.07, 6.45) is 7.15. The molecule has 0 N–H and O–H groups in total. The molecule has 1 saturated carbocycles. The largest absolute Gasteiger partial charge is 0.407 e. The van der Waals surface area contributed by atoms with E-state index in [1.165, 1.54) is 30.0 Å². The number of hydrogen-bond acceptors (Lipinski definition) is 7. The Morgan fingerprint density at radius 3 is 2.46 bits per heavy atom. The van der Waals surface area contributed by atoms with Crippen LogP contribution in [-0.4, -0.2) is 40.5 Å². The summed E-state index contributed by atoms with van der Waals surface area (Å²) >= 11 is 0. The smallest absolute Gasteiger partial charge is 0.355 e. The zero-order valence-electron chi connectivity index (χ0n) is 22.0. The molecule has 0 amide bonds. The molecule has 2 heterocycles. The minimum Gasteiger partial charge on any atom is -0.355 e. The average Bonchev–Trinajstić information content (AvgIpc) is 2.93. The Balaban J connectivity index is 0.000000275. The van der Waals surface area contributed by atoms with Crippen LogP contribution in [0.15, 0.2) is 46.3 Å². The first-order valence-corrected chi connectivity index (χ1v) is 12.4. The van der Waals surface area contributed by atoms with Crippen molar-refractivity contribution in [3.63, 3.8) is 0 Å². The summed E-state index contributed by atoms with van der Waals surface area (Å²) in [6, 6.07) is 13.1. The van der Waals surface area contributed by atoms with Crippen LogP contribution in [0.25, 0.3) is 11.0 Å². The van der Waals surface area contributed by atoms with E-state index in [-0.39, 0.29) is 5.69 Å². The second kappa shape index (κ2) is 14.6. The first-order valence-electron chi connectivity index (χ1n) is 12.4. The molecule has 10 heteroatoms. The fraction of sp³-hybridized carbons (Fsp3) is 0.444. The van der Waals surface area contributed by atoms with Crippen molar-refractivity contribution in [3.8, 4) is 6.07 Å². The number of nitrogens with zero attached hydrogens (tertiary/aromatic N) is 6. The Morgan fingerprint density at radius 1 is 1.16 bits per heavy atom. The second-order valence-electron chi connectivity index (χ2n) is 8.31. The maximum Gasteiger partial charge on any atom is 0.407 e. The van der Waals surface area contributed by atoms with E-state index in [4.69, 9.17) is 5.26 Å². The van der Waals surface area contributed by atoms with Gasteiger partial charge in [0.2, 0.25) is 0 Å². The molecule has 1 aliphatic rings. The SMILES string of the molecule is CC.CN(c1nc(=O)n(C)c2ccc(C#N)nc12)C1CCCCC1.Cc1ccccc1/C=N/OC(F)F. The van der Waals surface area contributed by atoms with Crippen molar-refractivity contribution in [2.75, 3.05) is 11.9 Å². The van der Waals surface area contributed by atoms with Gasteiger partial charge in [-0.15, -0.1) is 0 Å². The Kier molecular flexibility index (Phi) is 11.6. The number of halogens is 2. The van der Waals surface area contributed by atoms with Gasteiger partial charge in [-0.2, -0.15) is 19.0 Å². The number of nitriles is 1. The minimum atomic E-state index is -2.86. The molecule has 1 aromatic carbocycles. The van der Waals surface area contributed by atoms with Crippen molar-refractivity contribution in [3.05, 3.63) is 63.7 Å². The van der Waals surface area contributed by atoms with E-state index in [2.05, 4.69) is 30.9 Å². The number of rotatable bonds is 5. The molecule has 8 nitrogen and oxygen atoms in total. The van der Waals surface area contributed by atoms with Crippen molar-refractivity contribution in [1.82, 2.24) is 14.5 Å². The highest BCUT2D eigenvalue weighted by Crippen LogP contribution is 2.28. The van der Waals surface area contributed by atoms with E-state index in [1.807, 2.05) is 40.0 Å². The fourth-order valence-corrected chi connectivity index (χ4v) is 4.02. The third-order valence-corrected chi connectivity index (χ3v) is 6.03. The predicted octanol–water partition coefficient (Wildman–Crippen LogP) is 5.56. The standard InChI is InChI=1S/C16H19N5O.C9H9F2NO.C2H6/c1-20(12-6-4-3-5-7-12)15-14-13(21(2)16(22)19-15)9-8-11(10-17)18-14;1-7-4-2-3-5-8(7)6-12-13-9(10)11;1-2/h8-9,12H,3-7H2,1-2H3;2-6,9H,1H3;1-2H3/b;12-6+;. The van der Waals surface area contributed by atoms with Crippen LogP contribution in [0.3, 0.4) is 0 Å². The quantitative estimate of drug-likeness (QED) is 0.328. The monoisotopic (exact) mass is 512 g/mol. The van der Waals surface area contributed by atoms with Gasteiger partial charge in [0.05, 0.1) is 11.7 Å². The van der Waals surface area contributed by atoms with Crippen LogP contribution >= 0.6 is 0 Å². The van der Waals surface area contributed by atoms with Gasteiger partial charge in [-0.25, -0.2) is 9.78 Å². The van der Waals surface area contributed by atoms with Gasteiger partial charge >= 0.3 is 12.3 Å². The van der Waals surface area contributed by atoms with Crippen molar-refractivity contribution in [2.24, 2.45) is 12.2 Å². The van der Waals surface area contributed by atoms with E-state index in [9.17, 15) is 13.6 Å². The molecule has 0 aliphatic heterocycles. The van der Waals surface area contributed by atoms with Gasteiger partial charge in [-0.05, 0) is 43.0 Å². The zero-order valence-corrected chi connectivity index (χ0v) is 22.0. The molecule has 3 aromatic rings. The number of oxime groups is 1. The van der Waals surface area contributed by atoms with Gasteiger partial charge in [-0.3, -0.25) is 4.57 Å². The van der Waals surface area contributed by atoms with Crippen LogP contribution < -0.4 is 10.6 Å². The number of fused-ring (bicyclic) bond motifs is 1. The van der Waals surface area contributed by atoms with Gasteiger partial charge in [-0.1, -0.05) is 62.5 Å². The van der Waals surface area contributed by atoms with E-state index >= 15 is 0 Å². The number of aryl methyl sites for hydroxylation is 2. The molecule has 0 unspecified atom stereocenters. The summed E-state index contributed by atoms with van der Waals surface area (Å²) in [5.41, 5.74) is 3.10. The molecule has 0 radical (unpaired) electrons. The predicted molar refractivity (Wildman–Crippen MR) is 142 cm³/mol. The van der Waals surface area contributed by atoms with Crippen molar-refractivity contribution < 1.29 is 13.6 Å². The maximum absolute atomic E-state index is 12.1. The summed E-state index contributed by atoms with van der Waals surface area (Å²) in [4.78, 5) is 26.5. The summed E-state index contributed by atoms with van der Waals surface area (Å²) < 4.78 is 24.5. The van der Waals surface area contributed by atoms with Gasteiger partial charge in [0.25, 0.3) is 0 Å². The third-order valence-electron chi connectivity index (χ3n) is 6.03. The Hall–Kier alpha value is -3.87. The lowest BCUT2D eigenvalue weighted by atomic mass is 9.94. The van der Waals surface area contributed by atoms with E-state index in [1.54, 1.807) is 31.3 Å². The number of anilines is 1. The van der Waals surface area contributed by atoms with Gasteiger partial charge in [0.1, 0.15) is 17.3 Å². The molecule has 0 atom stereocenters. The fourth-order valence-electron chi connectivity index (χ4n) is 4.02. The van der Waals surface area contributed by atoms with Crippen LogP contribution in [0.4, 0.5) is 14.6 Å². The van der Waals surface area contributed by atoms with Crippen molar-refractivity contribution in [1.29, 1.82) is 5.26 Å². The Bertz CT molecular complexity index is 1280. The molecule has 0 spiro atoms. The normalized spacial score (nSPS) is 13.4. The number of benzene rings is 1. The summed E-state index contributed by atoms with van der Waals surface area (Å²) in [5.74, 6) is 0.585. The summed E-state index contributed by atoms with van der Waals surface area (Å²) in [7, 11) is 3.65. The lowest BCUT2D eigenvalue weighted by Gasteiger charge is -2.32. The first kappa shape index (κ1) is 29.4. The molecule has 1 aliphatic carbocycles. The van der Waals surface area contributed by atoms with E-state index in [0.717, 1.165) is 24.0 Å².